The second-order valence-corrected chi connectivity index (χ2v) is 9.95. The fourth-order valence-electron chi connectivity index (χ4n) is 4.19. The van der Waals surface area contributed by atoms with Gasteiger partial charge in [-0.05, 0) is 62.6 Å². The third kappa shape index (κ3) is 4.89. The van der Waals surface area contributed by atoms with Gasteiger partial charge >= 0.3 is 0 Å². The molecule has 172 valence electrons. The molecule has 0 unspecified atom stereocenters. The number of aryl methyl sites for hydroxylation is 1. The number of hydrogen-bond donors (Lipinski definition) is 1. The van der Waals surface area contributed by atoms with Crippen molar-refractivity contribution < 1.29 is 4.79 Å². The molecule has 0 spiro atoms. The van der Waals surface area contributed by atoms with Crippen LogP contribution < -0.4 is 5.32 Å². The number of rotatable bonds is 6. The number of piperidine rings is 1. The van der Waals surface area contributed by atoms with Gasteiger partial charge in [0.2, 0.25) is 0 Å². The molecule has 34 heavy (non-hydrogen) atoms. The summed E-state index contributed by atoms with van der Waals surface area (Å²) in [6, 6.07) is 11.9. The molecule has 3 aromatic heterocycles. The minimum absolute atomic E-state index is 0.349. The Kier molecular flexibility index (Phi) is 6.45. The smallest absolute Gasteiger partial charge is 0.151 e. The maximum absolute atomic E-state index is 11.9. The first-order valence-corrected chi connectivity index (χ1v) is 12.2. The number of fused-ring (bicyclic) bond motifs is 1. The molecule has 1 aromatic carbocycles. The average Bonchev–Trinajstić information content (AvgIpc) is 3.29. The van der Waals surface area contributed by atoms with Crippen molar-refractivity contribution in [2.75, 3.05) is 25.5 Å². The van der Waals surface area contributed by atoms with Gasteiger partial charge in [0.05, 0.1) is 23.2 Å². The Labute approximate surface area is 202 Å². The molecule has 8 heteroatoms. The maximum atomic E-state index is 11.9. The molecule has 1 fully saturated rings. The van der Waals surface area contributed by atoms with E-state index in [0.29, 0.717) is 16.8 Å². The maximum Gasteiger partial charge on any atom is 0.151 e. The van der Waals surface area contributed by atoms with Gasteiger partial charge in [0.25, 0.3) is 0 Å². The zero-order valence-corrected chi connectivity index (χ0v) is 20.0. The Morgan fingerprint density at radius 3 is 2.68 bits per heavy atom. The number of nitrogens with zero attached hydrogens (tertiary/aromatic N) is 5. The Morgan fingerprint density at radius 1 is 1.06 bits per heavy atom. The highest BCUT2D eigenvalue weighted by Crippen LogP contribution is 2.30. The first-order chi connectivity index (χ1) is 16.6. The van der Waals surface area contributed by atoms with Crippen LogP contribution in [-0.2, 0) is 11.8 Å². The number of anilines is 1. The van der Waals surface area contributed by atoms with E-state index in [0.717, 1.165) is 58.6 Å². The number of aromatic nitrogens is 4. The van der Waals surface area contributed by atoms with Crippen LogP contribution in [0, 0.1) is 0 Å². The molecule has 0 radical (unpaired) electrons. The topological polar surface area (TPSA) is 75.9 Å². The lowest BCUT2D eigenvalue weighted by Gasteiger charge is -2.28. The SMILES string of the molecule is CN1CCC(Sc2cc(C(=C=O)Nc3cc4cc(-c5cncn5C)ccc4cn3)ccn2)CC1. The molecule has 1 N–H and O–H groups in total. The summed E-state index contributed by atoms with van der Waals surface area (Å²) in [6.45, 7) is 2.21. The summed E-state index contributed by atoms with van der Waals surface area (Å²) >= 11 is 1.79. The summed E-state index contributed by atoms with van der Waals surface area (Å²) in [4.78, 5) is 27.4. The van der Waals surface area contributed by atoms with Crippen LogP contribution in [0.3, 0.4) is 0 Å². The second kappa shape index (κ2) is 9.81. The quantitative estimate of drug-likeness (QED) is 0.416. The number of nitrogens with one attached hydrogen (secondary N) is 1. The molecule has 1 aliphatic heterocycles. The average molecular weight is 471 g/mol. The number of thioether (sulfide) groups is 1. The van der Waals surface area contributed by atoms with Crippen LogP contribution in [0.15, 0.2) is 66.3 Å². The minimum atomic E-state index is 0.349. The Hall–Kier alpha value is -3.45. The lowest BCUT2D eigenvalue weighted by molar-refractivity contribution is 0.282. The highest BCUT2D eigenvalue weighted by molar-refractivity contribution is 7.99. The van der Waals surface area contributed by atoms with Crippen molar-refractivity contribution in [3.8, 4) is 11.3 Å². The van der Waals surface area contributed by atoms with Crippen molar-refractivity contribution in [3.05, 3.63) is 66.9 Å². The van der Waals surface area contributed by atoms with Crippen LogP contribution in [0.2, 0.25) is 0 Å². The summed E-state index contributed by atoms with van der Waals surface area (Å²) in [5, 5.41) is 6.68. The van der Waals surface area contributed by atoms with Crippen LogP contribution in [0.5, 0.6) is 0 Å². The van der Waals surface area contributed by atoms with Gasteiger partial charge in [0, 0.05) is 41.2 Å². The van der Waals surface area contributed by atoms with Crippen LogP contribution >= 0.6 is 11.8 Å². The number of carbonyl (C=O) groups excluding carboxylic acids is 1. The minimum Gasteiger partial charge on any atom is -0.334 e. The lowest BCUT2D eigenvalue weighted by Crippen LogP contribution is -2.31. The summed E-state index contributed by atoms with van der Waals surface area (Å²) in [7, 11) is 4.13. The molecule has 0 amide bonds. The third-order valence-electron chi connectivity index (χ3n) is 6.17. The van der Waals surface area contributed by atoms with Crippen molar-refractivity contribution >= 4 is 40.0 Å². The van der Waals surface area contributed by atoms with Gasteiger partial charge in [-0.3, -0.25) is 0 Å². The van der Waals surface area contributed by atoms with Crippen LogP contribution in [0.1, 0.15) is 18.4 Å². The summed E-state index contributed by atoms with van der Waals surface area (Å²) < 4.78 is 1.99. The van der Waals surface area contributed by atoms with Gasteiger partial charge in [-0.15, -0.1) is 11.8 Å². The van der Waals surface area contributed by atoms with Gasteiger partial charge in [-0.2, -0.15) is 0 Å². The number of imidazole rings is 1. The van der Waals surface area contributed by atoms with Crippen molar-refractivity contribution in [1.82, 2.24) is 24.4 Å². The van der Waals surface area contributed by atoms with Crippen molar-refractivity contribution in [1.29, 1.82) is 0 Å². The highest BCUT2D eigenvalue weighted by atomic mass is 32.2. The highest BCUT2D eigenvalue weighted by Gasteiger charge is 2.18. The van der Waals surface area contributed by atoms with Gasteiger partial charge < -0.3 is 14.8 Å². The Bertz CT molecular complexity index is 1370. The molecular weight excluding hydrogens is 444 g/mol. The fourth-order valence-corrected chi connectivity index (χ4v) is 5.30. The van der Waals surface area contributed by atoms with Crippen LogP contribution in [-0.4, -0.2) is 55.7 Å². The molecule has 1 aliphatic rings. The monoisotopic (exact) mass is 470 g/mol. The van der Waals surface area contributed by atoms with Gasteiger partial charge in [0.15, 0.2) is 5.94 Å². The van der Waals surface area contributed by atoms with Crippen molar-refractivity contribution in [2.45, 2.75) is 23.1 Å². The normalized spacial score (nSPS) is 14.8. The molecule has 0 atom stereocenters. The zero-order chi connectivity index (χ0) is 23.5. The first kappa shape index (κ1) is 22.3. The molecule has 4 aromatic rings. The fraction of sp³-hybridized carbons (Fsp3) is 0.269. The van der Waals surface area contributed by atoms with E-state index < -0.39 is 0 Å². The number of benzene rings is 1. The molecule has 5 rings (SSSR count). The molecule has 4 heterocycles. The number of pyridine rings is 2. The second-order valence-electron chi connectivity index (χ2n) is 8.63. The summed E-state index contributed by atoms with van der Waals surface area (Å²) in [5.74, 6) is 2.65. The van der Waals surface area contributed by atoms with Gasteiger partial charge in [-0.25, -0.2) is 19.7 Å². The molecule has 0 bridgehead atoms. The predicted molar refractivity (Wildman–Crippen MR) is 137 cm³/mol. The van der Waals surface area contributed by atoms with E-state index in [1.165, 1.54) is 0 Å². The van der Waals surface area contributed by atoms with Crippen LogP contribution in [0.4, 0.5) is 5.82 Å². The van der Waals surface area contributed by atoms with Crippen LogP contribution in [0.25, 0.3) is 27.7 Å². The van der Waals surface area contributed by atoms with E-state index >= 15 is 0 Å². The molecule has 7 nitrogen and oxygen atoms in total. The van der Waals surface area contributed by atoms with Gasteiger partial charge in [-0.1, -0.05) is 12.1 Å². The summed E-state index contributed by atoms with van der Waals surface area (Å²) in [6.07, 6.45) is 9.47. The van der Waals surface area contributed by atoms with E-state index in [2.05, 4.69) is 50.3 Å². The molecule has 0 aliphatic carbocycles. The first-order valence-electron chi connectivity index (χ1n) is 11.3. The van der Waals surface area contributed by atoms with E-state index in [9.17, 15) is 4.79 Å². The Morgan fingerprint density at radius 2 is 1.91 bits per heavy atom. The molecular formula is C26H26N6OS. The molecule has 1 saturated heterocycles. The Balaban J connectivity index is 1.36. The molecule has 0 saturated carbocycles. The zero-order valence-electron chi connectivity index (χ0n) is 19.2. The largest absolute Gasteiger partial charge is 0.334 e. The van der Waals surface area contributed by atoms with E-state index in [1.807, 2.05) is 42.1 Å². The number of hydrogen-bond acceptors (Lipinski definition) is 7. The van der Waals surface area contributed by atoms with E-state index in [4.69, 9.17) is 0 Å². The van der Waals surface area contributed by atoms with E-state index in [-0.39, 0.29) is 0 Å². The van der Waals surface area contributed by atoms with Crippen molar-refractivity contribution in [2.24, 2.45) is 7.05 Å². The third-order valence-corrected chi connectivity index (χ3v) is 7.44. The predicted octanol–water partition coefficient (Wildman–Crippen LogP) is 4.50. The standard InChI is InChI=1S/C26H26N6OS/c1-31-9-6-22(7-10-31)34-26-13-18(5-8-28-26)23(16-33)30-25-12-21-11-19(3-4-20(21)14-29-25)24-15-27-17-32(24)2/h3-5,8,11-15,17,22H,6-7,9-10H2,1-2H3,(H,29,30). The number of likely N-dealkylation sites (tertiary alicyclic amines) is 1. The van der Waals surface area contributed by atoms with E-state index in [1.54, 1.807) is 30.5 Å². The lowest BCUT2D eigenvalue weighted by atomic mass is 10.1. The van der Waals surface area contributed by atoms with Crippen molar-refractivity contribution in [3.63, 3.8) is 0 Å². The van der Waals surface area contributed by atoms with Gasteiger partial charge in [0.1, 0.15) is 11.5 Å². The summed E-state index contributed by atoms with van der Waals surface area (Å²) in [5.41, 5.74) is 3.21.